The highest BCUT2D eigenvalue weighted by molar-refractivity contribution is 7.90. The lowest BCUT2D eigenvalue weighted by atomic mass is 10.2. The zero-order chi connectivity index (χ0) is 14.7. The first-order valence-corrected chi connectivity index (χ1v) is 8.71. The second kappa shape index (κ2) is 6.00. The molecular formula is C11H18N2O4S2. The number of hydrogen-bond acceptors (Lipinski definition) is 4. The van der Waals surface area contributed by atoms with Crippen LogP contribution in [0.1, 0.15) is 5.56 Å². The van der Waals surface area contributed by atoms with E-state index in [-0.39, 0.29) is 17.2 Å². The highest BCUT2D eigenvalue weighted by atomic mass is 32.2. The first-order valence-electron chi connectivity index (χ1n) is 5.62. The lowest BCUT2D eigenvalue weighted by Gasteiger charge is -2.12. The molecule has 0 saturated carbocycles. The Hall–Kier alpha value is -0.960. The molecule has 0 unspecified atom stereocenters. The molecule has 0 aliphatic heterocycles. The van der Waals surface area contributed by atoms with Gasteiger partial charge < -0.3 is 0 Å². The maximum Gasteiger partial charge on any atom is 0.240 e. The highest BCUT2D eigenvalue weighted by Gasteiger charge is 2.18. The summed E-state index contributed by atoms with van der Waals surface area (Å²) >= 11 is 0. The monoisotopic (exact) mass is 306 g/mol. The van der Waals surface area contributed by atoms with Crippen LogP contribution in [0.25, 0.3) is 0 Å². The van der Waals surface area contributed by atoms with Gasteiger partial charge in [0.25, 0.3) is 0 Å². The molecule has 0 fully saturated rings. The van der Waals surface area contributed by atoms with Crippen molar-refractivity contribution in [2.75, 3.05) is 26.4 Å². The predicted octanol–water partition coefficient (Wildman–Crippen LogP) is 0.165. The Morgan fingerprint density at radius 2 is 1.68 bits per heavy atom. The van der Waals surface area contributed by atoms with Gasteiger partial charge in [0, 0.05) is 20.6 Å². The van der Waals surface area contributed by atoms with E-state index in [2.05, 4.69) is 4.72 Å². The fourth-order valence-electron chi connectivity index (χ4n) is 1.42. The van der Waals surface area contributed by atoms with E-state index in [0.717, 1.165) is 4.31 Å². The summed E-state index contributed by atoms with van der Waals surface area (Å²) in [4.78, 5) is 0.164. The Kier molecular flexibility index (Phi) is 5.08. The molecular weight excluding hydrogens is 288 g/mol. The molecule has 1 aromatic carbocycles. The largest absolute Gasteiger partial charge is 0.240 e. The summed E-state index contributed by atoms with van der Waals surface area (Å²) in [5.41, 5.74) is 0.616. The van der Waals surface area contributed by atoms with Crippen LogP contribution in [-0.2, 0) is 20.0 Å². The van der Waals surface area contributed by atoms with Gasteiger partial charge in [-0.15, -0.1) is 0 Å². The molecule has 1 aromatic rings. The van der Waals surface area contributed by atoms with E-state index in [1.807, 2.05) is 0 Å². The van der Waals surface area contributed by atoms with Crippen LogP contribution < -0.4 is 4.72 Å². The van der Waals surface area contributed by atoms with E-state index in [9.17, 15) is 16.8 Å². The van der Waals surface area contributed by atoms with E-state index >= 15 is 0 Å². The van der Waals surface area contributed by atoms with E-state index in [4.69, 9.17) is 0 Å². The van der Waals surface area contributed by atoms with Crippen LogP contribution in [0.4, 0.5) is 0 Å². The molecule has 0 radical (unpaired) electrons. The van der Waals surface area contributed by atoms with Crippen molar-refractivity contribution in [3.05, 3.63) is 29.8 Å². The Bertz CT molecular complexity index is 636. The first kappa shape index (κ1) is 16.1. The van der Waals surface area contributed by atoms with Crippen LogP contribution in [0, 0.1) is 6.92 Å². The fraction of sp³-hybridized carbons (Fsp3) is 0.455. The minimum absolute atomic E-state index is 0.156. The standard InChI is InChI=1S/C11H18N2O4S2/c1-10-6-4-5-7-11(10)19(16,17)12-8-9-18(14,15)13(2)3/h4-7,12H,8-9H2,1-3H3. The van der Waals surface area contributed by atoms with E-state index in [1.165, 1.54) is 20.2 Å². The molecule has 0 bridgehead atoms. The van der Waals surface area contributed by atoms with Crippen LogP contribution in [0.2, 0.25) is 0 Å². The lowest BCUT2D eigenvalue weighted by Crippen LogP contribution is -2.34. The second-order valence-corrected chi connectivity index (χ2v) is 8.30. The molecule has 0 aliphatic rings. The van der Waals surface area contributed by atoms with Crippen molar-refractivity contribution < 1.29 is 16.8 Å². The minimum atomic E-state index is -3.67. The van der Waals surface area contributed by atoms with Crippen LogP contribution in [0.3, 0.4) is 0 Å². The maximum atomic E-state index is 12.0. The molecule has 0 atom stereocenters. The molecule has 0 aliphatic carbocycles. The molecule has 0 heterocycles. The average Bonchev–Trinajstić information content (AvgIpc) is 2.28. The topological polar surface area (TPSA) is 83.5 Å². The average molecular weight is 306 g/mol. The van der Waals surface area contributed by atoms with Crippen LogP contribution in [0.5, 0.6) is 0 Å². The summed E-state index contributed by atoms with van der Waals surface area (Å²) in [6.45, 7) is 1.53. The maximum absolute atomic E-state index is 12.0. The molecule has 1 N–H and O–H groups in total. The minimum Gasteiger partial charge on any atom is -0.212 e. The van der Waals surface area contributed by atoms with Crippen molar-refractivity contribution in [1.29, 1.82) is 0 Å². The predicted molar refractivity (Wildman–Crippen MR) is 73.8 cm³/mol. The lowest BCUT2D eigenvalue weighted by molar-refractivity contribution is 0.519. The van der Waals surface area contributed by atoms with Crippen LogP contribution in [-0.4, -0.2) is 47.5 Å². The van der Waals surface area contributed by atoms with Crippen molar-refractivity contribution >= 4 is 20.0 Å². The molecule has 108 valence electrons. The van der Waals surface area contributed by atoms with E-state index in [0.29, 0.717) is 5.56 Å². The number of nitrogens with one attached hydrogen (secondary N) is 1. The molecule has 1 rings (SSSR count). The Labute approximate surface area is 114 Å². The molecule has 6 nitrogen and oxygen atoms in total. The molecule has 19 heavy (non-hydrogen) atoms. The van der Waals surface area contributed by atoms with Crippen LogP contribution >= 0.6 is 0 Å². The number of sulfonamides is 2. The summed E-state index contributed by atoms with van der Waals surface area (Å²) < 4.78 is 50.4. The number of benzene rings is 1. The summed E-state index contributed by atoms with van der Waals surface area (Å²) in [5, 5.41) is 0. The highest BCUT2D eigenvalue weighted by Crippen LogP contribution is 2.13. The molecule has 0 saturated heterocycles. The van der Waals surface area contributed by atoms with E-state index < -0.39 is 20.0 Å². The first-order chi connectivity index (χ1) is 8.67. The van der Waals surface area contributed by atoms with E-state index in [1.54, 1.807) is 25.1 Å². The van der Waals surface area contributed by atoms with Gasteiger partial charge >= 0.3 is 0 Å². The SMILES string of the molecule is Cc1ccccc1S(=O)(=O)NCCS(=O)(=O)N(C)C. The summed E-state index contributed by atoms with van der Waals surface area (Å²) in [5.74, 6) is -0.273. The third kappa shape index (κ3) is 4.27. The normalized spacial score (nSPS) is 12.8. The van der Waals surface area contributed by atoms with Crippen molar-refractivity contribution in [2.24, 2.45) is 0 Å². The van der Waals surface area contributed by atoms with Crippen molar-refractivity contribution in [2.45, 2.75) is 11.8 Å². The number of nitrogens with zero attached hydrogens (tertiary/aromatic N) is 1. The molecule has 0 amide bonds. The second-order valence-electron chi connectivity index (χ2n) is 4.26. The van der Waals surface area contributed by atoms with Gasteiger partial charge in [0.15, 0.2) is 0 Å². The van der Waals surface area contributed by atoms with Gasteiger partial charge in [-0.05, 0) is 18.6 Å². The molecule has 0 spiro atoms. The zero-order valence-electron chi connectivity index (χ0n) is 11.1. The van der Waals surface area contributed by atoms with Gasteiger partial charge in [-0.3, -0.25) is 0 Å². The van der Waals surface area contributed by atoms with Gasteiger partial charge in [-0.2, -0.15) is 0 Å². The molecule has 0 aromatic heterocycles. The van der Waals surface area contributed by atoms with Crippen LogP contribution in [0.15, 0.2) is 29.2 Å². The summed E-state index contributed by atoms with van der Waals surface area (Å²) in [6.07, 6.45) is 0. The van der Waals surface area contributed by atoms with Gasteiger partial charge in [-0.25, -0.2) is 25.9 Å². The third-order valence-corrected chi connectivity index (χ3v) is 6.05. The van der Waals surface area contributed by atoms with Crippen molar-refractivity contribution in [3.63, 3.8) is 0 Å². The van der Waals surface area contributed by atoms with Crippen molar-refractivity contribution in [3.8, 4) is 0 Å². The Balaban J connectivity index is 2.76. The van der Waals surface area contributed by atoms with Gasteiger partial charge in [0.1, 0.15) is 0 Å². The smallest absolute Gasteiger partial charge is 0.212 e. The quantitative estimate of drug-likeness (QED) is 0.812. The molecule has 8 heteroatoms. The van der Waals surface area contributed by atoms with Gasteiger partial charge in [-0.1, -0.05) is 18.2 Å². The number of hydrogen-bond donors (Lipinski definition) is 1. The fourth-order valence-corrected chi connectivity index (χ4v) is 3.55. The number of rotatable bonds is 6. The summed E-state index contributed by atoms with van der Waals surface area (Å²) in [6, 6.07) is 6.53. The third-order valence-electron chi connectivity index (χ3n) is 2.59. The van der Waals surface area contributed by atoms with Gasteiger partial charge in [0.05, 0.1) is 10.6 Å². The summed E-state index contributed by atoms with van der Waals surface area (Å²) in [7, 11) is -4.26. The zero-order valence-corrected chi connectivity index (χ0v) is 12.8. The van der Waals surface area contributed by atoms with Crippen molar-refractivity contribution in [1.82, 2.24) is 9.03 Å². The Morgan fingerprint density at radius 3 is 2.21 bits per heavy atom. The Morgan fingerprint density at radius 1 is 1.11 bits per heavy atom. The van der Waals surface area contributed by atoms with Gasteiger partial charge in [0.2, 0.25) is 20.0 Å². The number of aryl methyl sites for hydroxylation is 1.